The average molecular weight is 394 g/mol. The zero-order chi connectivity index (χ0) is 20.2. The van der Waals surface area contributed by atoms with Crippen LogP contribution in [-0.4, -0.2) is 56.0 Å². The van der Waals surface area contributed by atoms with Gasteiger partial charge in [0, 0.05) is 43.3 Å². The molecule has 6 nitrogen and oxygen atoms in total. The second kappa shape index (κ2) is 8.68. The highest BCUT2D eigenvalue weighted by Gasteiger charge is 2.17. The maximum Gasteiger partial charge on any atom is 0.338 e. The van der Waals surface area contributed by atoms with Crippen molar-refractivity contribution in [2.75, 3.05) is 40.5 Å². The van der Waals surface area contributed by atoms with Gasteiger partial charge >= 0.3 is 5.97 Å². The van der Waals surface area contributed by atoms with Crippen LogP contribution < -0.4 is 4.74 Å². The second-order valence-electron chi connectivity index (χ2n) is 7.20. The summed E-state index contributed by atoms with van der Waals surface area (Å²) in [5.41, 5.74) is 3.87. The lowest BCUT2D eigenvalue weighted by atomic mass is 10.1. The van der Waals surface area contributed by atoms with Crippen LogP contribution in [0.2, 0.25) is 0 Å². The summed E-state index contributed by atoms with van der Waals surface area (Å²) in [6.45, 7) is 4.94. The lowest BCUT2D eigenvalue weighted by Crippen LogP contribution is -2.35. The van der Waals surface area contributed by atoms with Crippen LogP contribution in [0.25, 0.3) is 10.9 Å². The van der Waals surface area contributed by atoms with Gasteiger partial charge in [0.25, 0.3) is 0 Å². The third-order valence-electron chi connectivity index (χ3n) is 5.43. The van der Waals surface area contributed by atoms with E-state index in [1.807, 2.05) is 18.2 Å². The number of methoxy groups -OCH3 is 2. The number of rotatable bonds is 6. The molecule has 4 rings (SSSR count). The Balaban J connectivity index is 1.69. The van der Waals surface area contributed by atoms with Crippen molar-refractivity contribution in [2.24, 2.45) is 0 Å². The van der Waals surface area contributed by atoms with E-state index in [4.69, 9.17) is 14.2 Å². The summed E-state index contributed by atoms with van der Waals surface area (Å²) in [5, 5.41) is 1.24. The highest BCUT2D eigenvalue weighted by atomic mass is 16.5. The standard InChI is InChI=1S/C23H26N2O4/c1-27-19-8-7-17(21(13-19)23(26)28-2)15-25-16-18(14-24-9-11-29-12-10-24)20-5-3-4-6-22(20)25/h3-8,13,16H,9-12,14-15H2,1-2H3. The lowest BCUT2D eigenvalue weighted by Gasteiger charge is -2.26. The van der Waals surface area contributed by atoms with Crippen molar-refractivity contribution in [1.82, 2.24) is 9.47 Å². The number of carbonyl (C=O) groups excluding carboxylic acids is 1. The van der Waals surface area contributed by atoms with Gasteiger partial charge in [0.1, 0.15) is 5.75 Å². The number of benzene rings is 2. The number of nitrogens with zero attached hydrogens (tertiary/aromatic N) is 2. The topological polar surface area (TPSA) is 52.9 Å². The number of fused-ring (bicyclic) bond motifs is 1. The Morgan fingerprint density at radius 2 is 1.83 bits per heavy atom. The number of esters is 1. The molecule has 1 saturated heterocycles. The quantitative estimate of drug-likeness (QED) is 0.601. The Kier molecular flexibility index (Phi) is 5.83. The Morgan fingerprint density at radius 1 is 1.03 bits per heavy atom. The first-order chi connectivity index (χ1) is 14.2. The average Bonchev–Trinajstić information content (AvgIpc) is 3.11. The smallest absolute Gasteiger partial charge is 0.338 e. The van der Waals surface area contributed by atoms with Crippen LogP contribution in [0.1, 0.15) is 21.5 Å². The van der Waals surface area contributed by atoms with Crippen molar-refractivity contribution in [3.8, 4) is 5.75 Å². The molecule has 0 aliphatic carbocycles. The molecule has 2 aromatic carbocycles. The van der Waals surface area contributed by atoms with Gasteiger partial charge in [-0.2, -0.15) is 0 Å². The van der Waals surface area contributed by atoms with Crippen LogP contribution in [0.4, 0.5) is 0 Å². The summed E-state index contributed by atoms with van der Waals surface area (Å²) in [6, 6.07) is 14.0. The molecule has 0 atom stereocenters. The molecule has 1 aliphatic rings. The molecule has 29 heavy (non-hydrogen) atoms. The Hall–Kier alpha value is -2.83. The number of aromatic nitrogens is 1. The van der Waals surface area contributed by atoms with Gasteiger partial charge in [-0.3, -0.25) is 4.90 Å². The summed E-state index contributed by atoms with van der Waals surface area (Å²) in [7, 11) is 2.99. The predicted octanol–water partition coefficient (Wildman–Crippen LogP) is 3.32. The predicted molar refractivity (Wildman–Crippen MR) is 111 cm³/mol. The van der Waals surface area contributed by atoms with Crippen molar-refractivity contribution in [3.05, 3.63) is 65.4 Å². The third kappa shape index (κ3) is 4.13. The molecule has 1 aliphatic heterocycles. The molecule has 0 spiro atoms. The maximum atomic E-state index is 12.3. The largest absolute Gasteiger partial charge is 0.497 e. The van der Waals surface area contributed by atoms with Crippen molar-refractivity contribution in [2.45, 2.75) is 13.1 Å². The minimum absolute atomic E-state index is 0.357. The first kappa shape index (κ1) is 19.5. The fourth-order valence-corrected chi connectivity index (χ4v) is 3.88. The minimum atomic E-state index is -0.357. The summed E-state index contributed by atoms with van der Waals surface area (Å²) >= 11 is 0. The molecular weight excluding hydrogens is 368 g/mol. The van der Waals surface area contributed by atoms with Crippen LogP contribution in [0, 0.1) is 0 Å². The van der Waals surface area contributed by atoms with Gasteiger partial charge in [0.15, 0.2) is 0 Å². The maximum absolute atomic E-state index is 12.3. The van der Waals surface area contributed by atoms with E-state index in [2.05, 4.69) is 33.9 Å². The van der Waals surface area contributed by atoms with Crippen molar-refractivity contribution >= 4 is 16.9 Å². The van der Waals surface area contributed by atoms with E-state index in [0.29, 0.717) is 17.9 Å². The van der Waals surface area contributed by atoms with Gasteiger partial charge in [-0.1, -0.05) is 24.3 Å². The molecular formula is C23H26N2O4. The number of para-hydroxylation sites is 1. The SMILES string of the molecule is COC(=O)c1cc(OC)ccc1Cn1cc(CN2CCOCC2)c2ccccc21. The number of morpholine rings is 1. The Morgan fingerprint density at radius 3 is 2.59 bits per heavy atom. The number of hydrogen-bond acceptors (Lipinski definition) is 5. The Bertz CT molecular complexity index is 1010. The number of hydrogen-bond donors (Lipinski definition) is 0. The van der Waals surface area contributed by atoms with Crippen molar-refractivity contribution in [3.63, 3.8) is 0 Å². The monoisotopic (exact) mass is 394 g/mol. The molecule has 0 unspecified atom stereocenters. The van der Waals surface area contributed by atoms with E-state index in [0.717, 1.165) is 43.9 Å². The number of ether oxygens (including phenoxy) is 3. The van der Waals surface area contributed by atoms with E-state index >= 15 is 0 Å². The Labute approximate surface area is 170 Å². The van der Waals surface area contributed by atoms with Crippen LogP contribution in [0.3, 0.4) is 0 Å². The normalized spacial score (nSPS) is 14.8. The summed E-state index contributed by atoms with van der Waals surface area (Å²) in [5.74, 6) is 0.281. The van der Waals surface area contributed by atoms with Crippen LogP contribution in [0.15, 0.2) is 48.7 Å². The van der Waals surface area contributed by atoms with E-state index in [1.165, 1.54) is 18.1 Å². The summed E-state index contributed by atoms with van der Waals surface area (Å²) in [6.07, 6.45) is 2.20. The van der Waals surface area contributed by atoms with E-state index in [9.17, 15) is 4.79 Å². The zero-order valence-corrected chi connectivity index (χ0v) is 16.9. The van der Waals surface area contributed by atoms with Crippen LogP contribution >= 0.6 is 0 Å². The highest BCUT2D eigenvalue weighted by molar-refractivity contribution is 5.91. The fraction of sp³-hybridized carbons (Fsp3) is 0.348. The van der Waals surface area contributed by atoms with Gasteiger partial charge in [-0.05, 0) is 29.3 Å². The minimum Gasteiger partial charge on any atom is -0.497 e. The highest BCUT2D eigenvalue weighted by Crippen LogP contribution is 2.26. The molecule has 2 heterocycles. The van der Waals surface area contributed by atoms with E-state index in [1.54, 1.807) is 13.2 Å². The first-order valence-electron chi connectivity index (χ1n) is 9.81. The summed E-state index contributed by atoms with van der Waals surface area (Å²) < 4.78 is 17.9. The van der Waals surface area contributed by atoms with Gasteiger partial charge in [-0.25, -0.2) is 4.79 Å². The molecule has 0 N–H and O–H groups in total. The summed E-state index contributed by atoms with van der Waals surface area (Å²) in [4.78, 5) is 14.7. The molecule has 0 saturated carbocycles. The van der Waals surface area contributed by atoms with Gasteiger partial charge in [-0.15, -0.1) is 0 Å². The van der Waals surface area contributed by atoms with Crippen molar-refractivity contribution in [1.29, 1.82) is 0 Å². The lowest BCUT2D eigenvalue weighted by molar-refractivity contribution is 0.0343. The van der Waals surface area contributed by atoms with Gasteiger partial charge < -0.3 is 18.8 Å². The van der Waals surface area contributed by atoms with E-state index < -0.39 is 0 Å². The molecule has 3 aromatic rings. The fourth-order valence-electron chi connectivity index (χ4n) is 3.88. The van der Waals surface area contributed by atoms with Gasteiger partial charge in [0.05, 0.1) is 33.0 Å². The second-order valence-corrected chi connectivity index (χ2v) is 7.20. The third-order valence-corrected chi connectivity index (χ3v) is 5.43. The molecule has 6 heteroatoms. The van der Waals surface area contributed by atoms with Gasteiger partial charge in [0.2, 0.25) is 0 Å². The number of carbonyl (C=O) groups is 1. The molecule has 152 valence electrons. The molecule has 1 fully saturated rings. The molecule has 0 radical (unpaired) electrons. The van der Waals surface area contributed by atoms with E-state index in [-0.39, 0.29) is 5.97 Å². The zero-order valence-electron chi connectivity index (χ0n) is 16.9. The van der Waals surface area contributed by atoms with Crippen molar-refractivity contribution < 1.29 is 19.0 Å². The van der Waals surface area contributed by atoms with Crippen LogP contribution in [0.5, 0.6) is 5.75 Å². The molecule has 1 aromatic heterocycles. The molecule has 0 amide bonds. The molecule has 0 bridgehead atoms. The van der Waals surface area contributed by atoms with Crippen LogP contribution in [-0.2, 0) is 22.6 Å². The first-order valence-corrected chi connectivity index (χ1v) is 9.81.